The minimum absolute atomic E-state index is 0.0120. The van der Waals surface area contributed by atoms with Crippen LogP contribution in [0.4, 0.5) is 26.3 Å². The summed E-state index contributed by atoms with van der Waals surface area (Å²) in [5, 5.41) is 3.36. The Morgan fingerprint density at radius 1 is 1.00 bits per heavy atom. The van der Waals surface area contributed by atoms with Crippen LogP contribution < -0.4 is 5.69 Å². The molecule has 0 radical (unpaired) electrons. The van der Waals surface area contributed by atoms with Crippen molar-refractivity contribution >= 4 is 11.6 Å². The number of benzene rings is 1. The lowest BCUT2D eigenvalue weighted by molar-refractivity contribution is -0.138. The van der Waals surface area contributed by atoms with Crippen LogP contribution in [0.5, 0.6) is 0 Å². The van der Waals surface area contributed by atoms with Gasteiger partial charge in [-0.3, -0.25) is 0 Å². The van der Waals surface area contributed by atoms with Crippen molar-refractivity contribution in [3.05, 3.63) is 69.0 Å². The lowest BCUT2D eigenvalue weighted by atomic mass is 10.2. The number of hydrogen-bond acceptors (Lipinski definition) is 3. The fraction of sp³-hybridized carbons (Fsp3) is 0.188. The summed E-state index contributed by atoms with van der Waals surface area (Å²) in [5.41, 5.74) is -3.16. The first kappa shape index (κ1) is 19.9. The van der Waals surface area contributed by atoms with Crippen LogP contribution in [0.25, 0.3) is 11.5 Å². The minimum atomic E-state index is -4.69. The zero-order valence-corrected chi connectivity index (χ0v) is 14.6. The standard InChI is InChI=1S/C16H9ClF6N4O/c1-8-25-27(13-12(17)6-10(7-24-13)16(21,22)23)14(28)26(8)11-4-2-3-9(5-11)15(18,19)20/h2-7H,1H3. The summed E-state index contributed by atoms with van der Waals surface area (Å²) in [5.74, 6) is -0.393. The third kappa shape index (κ3) is 3.61. The normalized spacial score (nSPS) is 12.4. The Morgan fingerprint density at radius 2 is 1.64 bits per heavy atom. The van der Waals surface area contributed by atoms with Crippen molar-refractivity contribution in [2.24, 2.45) is 0 Å². The lowest BCUT2D eigenvalue weighted by Gasteiger charge is -2.09. The quantitative estimate of drug-likeness (QED) is 0.575. The predicted molar refractivity (Wildman–Crippen MR) is 86.7 cm³/mol. The maximum atomic E-state index is 12.9. The van der Waals surface area contributed by atoms with Gasteiger partial charge in [-0.05, 0) is 31.2 Å². The number of alkyl halides is 6. The van der Waals surface area contributed by atoms with Crippen molar-refractivity contribution in [2.45, 2.75) is 19.3 Å². The molecular formula is C16H9ClF6N4O. The third-order valence-electron chi connectivity index (χ3n) is 3.72. The van der Waals surface area contributed by atoms with Gasteiger partial charge in [-0.25, -0.2) is 14.3 Å². The first-order valence-electron chi connectivity index (χ1n) is 7.49. The molecule has 0 unspecified atom stereocenters. The second-order valence-electron chi connectivity index (χ2n) is 5.65. The van der Waals surface area contributed by atoms with E-state index in [-0.39, 0.29) is 17.3 Å². The van der Waals surface area contributed by atoms with Gasteiger partial charge in [-0.2, -0.15) is 31.0 Å². The topological polar surface area (TPSA) is 52.7 Å². The monoisotopic (exact) mass is 422 g/mol. The summed E-state index contributed by atoms with van der Waals surface area (Å²) in [6.07, 6.45) is -8.83. The molecule has 2 heterocycles. The minimum Gasteiger partial charge on any atom is -0.247 e. The molecule has 0 aliphatic carbocycles. The van der Waals surface area contributed by atoms with E-state index >= 15 is 0 Å². The van der Waals surface area contributed by atoms with Gasteiger partial charge in [0, 0.05) is 6.20 Å². The van der Waals surface area contributed by atoms with E-state index in [1.54, 1.807) is 0 Å². The molecule has 0 bridgehead atoms. The van der Waals surface area contributed by atoms with Gasteiger partial charge in [0.2, 0.25) is 0 Å². The highest BCUT2D eigenvalue weighted by atomic mass is 35.5. The average Bonchev–Trinajstić information content (AvgIpc) is 2.87. The number of nitrogens with zero attached hydrogens (tertiary/aromatic N) is 4. The number of halogens is 7. The molecule has 1 aromatic carbocycles. The summed E-state index contributed by atoms with van der Waals surface area (Å²) < 4.78 is 78.4. The number of aromatic nitrogens is 4. The van der Waals surface area contributed by atoms with Gasteiger partial charge in [0.1, 0.15) is 5.82 Å². The van der Waals surface area contributed by atoms with Gasteiger partial charge in [0.05, 0.1) is 21.8 Å². The second-order valence-corrected chi connectivity index (χ2v) is 6.06. The maximum Gasteiger partial charge on any atom is 0.417 e. The molecule has 28 heavy (non-hydrogen) atoms. The molecule has 148 valence electrons. The molecule has 0 amide bonds. The molecule has 0 aliphatic rings. The molecule has 12 heteroatoms. The first-order valence-corrected chi connectivity index (χ1v) is 7.87. The van der Waals surface area contributed by atoms with E-state index in [2.05, 4.69) is 10.1 Å². The Labute approximate surface area is 157 Å². The SMILES string of the molecule is Cc1nn(-c2ncc(C(F)(F)F)cc2Cl)c(=O)n1-c1cccc(C(F)(F)F)c1. The fourth-order valence-corrected chi connectivity index (χ4v) is 2.71. The Morgan fingerprint density at radius 3 is 2.21 bits per heavy atom. The van der Waals surface area contributed by atoms with Gasteiger partial charge < -0.3 is 0 Å². The number of rotatable bonds is 2. The van der Waals surface area contributed by atoms with Crippen LogP contribution in [-0.2, 0) is 12.4 Å². The molecule has 2 aromatic heterocycles. The molecule has 0 aliphatic heterocycles. The third-order valence-corrected chi connectivity index (χ3v) is 4.00. The molecule has 0 spiro atoms. The summed E-state index contributed by atoms with van der Waals surface area (Å²) >= 11 is 5.81. The van der Waals surface area contributed by atoms with Crippen LogP contribution in [0.2, 0.25) is 5.02 Å². The Bertz CT molecular complexity index is 1100. The van der Waals surface area contributed by atoms with Crippen molar-refractivity contribution < 1.29 is 26.3 Å². The number of pyridine rings is 1. The van der Waals surface area contributed by atoms with E-state index in [9.17, 15) is 31.1 Å². The first-order chi connectivity index (χ1) is 12.9. The zero-order valence-electron chi connectivity index (χ0n) is 13.8. The molecular weight excluding hydrogens is 414 g/mol. The van der Waals surface area contributed by atoms with E-state index in [4.69, 9.17) is 11.6 Å². The van der Waals surface area contributed by atoms with E-state index in [0.717, 1.165) is 22.8 Å². The lowest BCUT2D eigenvalue weighted by Crippen LogP contribution is -2.24. The van der Waals surface area contributed by atoms with Crippen LogP contribution in [0, 0.1) is 6.92 Å². The Hall–Kier alpha value is -2.82. The number of aryl methyl sites for hydroxylation is 1. The van der Waals surface area contributed by atoms with Crippen LogP contribution in [0.15, 0.2) is 41.3 Å². The van der Waals surface area contributed by atoms with E-state index in [1.807, 2.05) is 0 Å². The summed E-state index contributed by atoms with van der Waals surface area (Å²) in [4.78, 5) is 16.2. The number of hydrogen-bond donors (Lipinski definition) is 0. The van der Waals surface area contributed by atoms with E-state index < -0.39 is 34.2 Å². The maximum absolute atomic E-state index is 12.9. The molecule has 3 aromatic rings. The van der Waals surface area contributed by atoms with Crippen LogP contribution in [-0.4, -0.2) is 19.3 Å². The van der Waals surface area contributed by atoms with Crippen molar-refractivity contribution in [1.82, 2.24) is 19.3 Å². The second kappa shape index (κ2) is 6.66. The van der Waals surface area contributed by atoms with Crippen LogP contribution >= 0.6 is 11.6 Å². The van der Waals surface area contributed by atoms with E-state index in [1.165, 1.54) is 13.0 Å². The Balaban J connectivity index is 2.13. The van der Waals surface area contributed by atoms with Gasteiger partial charge in [0.15, 0.2) is 5.82 Å². The van der Waals surface area contributed by atoms with Gasteiger partial charge >= 0.3 is 18.0 Å². The smallest absolute Gasteiger partial charge is 0.247 e. The summed E-state index contributed by atoms with van der Waals surface area (Å²) in [7, 11) is 0. The van der Waals surface area contributed by atoms with Gasteiger partial charge in [0.25, 0.3) is 0 Å². The van der Waals surface area contributed by atoms with Crippen molar-refractivity contribution in [3.63, 3.8) is 0 Å². The van der Waals surface area contributed by atoms with Crippen LogP contribution in [0.1, 0.15) is 17.0 Å². The summed E-state index contributed by atoms with van der Waals surface area (Å²) in [6.45, 7) is 1.34. The molecule has 0 atom stereocenters. The largest absolute Gasteiger partial charge is 0.417 e. The van der Waals surface area contributed by atoms with Crippen molar-refractivity contribution in [1.29, 1.82) is 0 Å². The predicted octanol–water partition coefficient (Wildman–Crippen LogP) is 4.42. The fourth-order valence-electron chi connectivity index (χ4n) is 2.46. The highest BCUT2D eigenvalue weighted by Crippen LogP contribution is 2.32. The highest BCUT2D eigenvalue weighted by molar-refractivity contribution is 6.32. The zero-order chi connectivity index (χ0) is 20.9. The Kier molecular flexibility index (Phi) is 4.74. The highest BCUT2D eigenvalue weighted by Gasteiger charge is 2.33. The molecule has 0 saturated heterocycles. The van der Waals surface area contributed by atoms with Gasteiger partial charge in [-0.15, -0.1) is 5.10 Å². The van der Waals surface area contributed by atoms with Gasteiger partial charge in [-0.1, -0.05) is 17.7 Å². The van der Waals surface area contributed by atoms with Crippen molar-refractivity contribution in [3.8, 4) is 11.5 Å². The molecule has 0 fully saturated rings. The average molecular weight is 423 g/mol. The van der Waals surface area contributed by atoms with E-state index in [0.29, 0.717) is 16.9 Å². The summed E-state index contributed by atoms with van der Waals surface area (Å²) in [6, 6.07) is 4.54. The molecule has 0 saturated carbocycles. The molecule has 0 N–H and O–H groups in total. The molecule has 5 nitrogen and oxygen atoms in total. The molecule has 3 rings (SSSR count). The van der Waals surface area contributed by atoms with Crippen molar-refractivity contribution in [2.75, 3.05) is 0 Å². The van der Waals surface area contributed by atoms with Crippen LogP contribution in [0.3, 0.4) is 0 Å².